The molecule has 0 aliphatic rings. The third-order valence-electron chi connectivity index (χ3n) is 3.53. The number of nitrogens with one attached hydrogen (secondary N) is 1. The van der Waals surface area contributed by atoms with Gasteiger partial charge in [0, 0.05) is 12.5 Å². The normalized spacial score (nSPS) is 14.9. The highest BCUT2D eigenvalue weighted by molar-refractivity contribution is 5.21. The molecule has 0 bridgehead atoms. The first-order valence-electron chi connectivity index (χ1n) is 7.45. The molecule has 0 saturated carbocycles. The Labute approximate surface area is 127 Å². The first-order valence-corrected chi connectivity index (χ1v) is 7.45. The maximum absolute atomic E-state index is 5.48. The van der Waals surface area contributed by atoms with Gasteiger partial charge in [-0.15, -0.1) is 0 Å². The fourth-order valence-corrected chi connectivity index (χ4v) is 2.51. The van der Waals surface area contributed by atoms with Crippen molar-refractivity contribution in [1.29, 1.82) is 0 Å². The number of aromatic nitrogens is 2. The second-order valence-corrected chi connectivity index (χ2v) is 6.75. The predicted molar refractivity (Wildman–Crippen MR) is 84.1 cm³/mol. The molecule has 21 heavy (non-hydrogen) atoms. The minimum atomic E-state index is 0.124. The molecule has 2 rings (SSSR count). The fourth-order valence-electron chi connectivity index (χ4n) is 2.51. The van der Waals surface area contributed by atoms with E-state index in [1.165, 1.54) is 5.56 Å². The molecule has 1 aromatic carbocycles. The molecule has 4 nitrogen and oxygen atoms in total. The van der Waals surface area contributed by atoms with Crippen LogP contribution in [0.3, 0.4) is 0 Å². The highest BCUT2D eigenvalue weighted by atomic mass is 16.5. The summed E-state index contributed by atoms with van der Waals surface area (Å²) < 4.78 is 5.48. The van der Waals surface area contributed by atoms with Gasteiger partial charge < -0.3 is 9.84 Å². The molecule has 0 spiro atoms. The van der Waals surface area contributed by atoms with Gasteiger partial charge in [-0.25, -0.2) is 0 Å². The van der Waals surface area contributed by atoms with Crippen molar-refractivity contribution in [2.45, 2.75) is 46.1 Å². The molecule has 1 aromatic heterocycles. The highest BCUT2D eigenvalue weighted by Crippen LogP contribution is 2.30. The maximum Gasteiger partial charge on any atom is 0.231 e. The van der Waals surface area contributed by atoms with Crippen LogP contribution in [0.15, 0.2) is 34.9 Å². The van der Waals surface area contributed by atoms with Crippen molar-refractivity contribution < 1.29 is 4.52 Å². The van der Waals surface area contributed by atoms with Gasteiger partial charge in [0.15, 0.2) is 5.82 Å². The van der Waals surface area contributed by atoms with E-state index >= 15 is 0 Å². The van der Waals surface area contributed by atoms with E-state index in [1.54, 1.807) is 0 Å². The van der Waals surface area contributed by atoms with Crippen molar-refractivity contribution >= 4 is 0 Å². The zero-order valence-electron chi connectivity index (χ0n) is 13.6. The quantitative estimate of drug-likeness (QED) is 0.910. The Bertz CT molecular complexity index is 557. The minimum absolute atomic E-state index is 0.124. The number of likely N-dealkylation sites (N-methyl/N-ethyl adjacent to an activating group) is 1. The summed E-state index contributed by atoms with van der Waals surface area (Å²) in [5, 5.41) is 7.47. The fraction of sp³-hybridized carbons (Fsp3) is 0.529. The number of hydrogen-bond acceptors (Lipinski definition) is 4. The second-order valence-electron chi connectivity index (χ2n) is 6.75. The van der Waals surface area contributed by atoms with E-state index in [0.29, 0.717) is 5.89 Å². The molecule has 0 radical (unpaired) electrons. The van der Waals surface area contributed by atoms with E-state index in [2.05, 4.69) is 55.3 Å². The molecule has 1 heterocycles. The summed E-state index contributed by atoms with van der Waals surface area (Å²) in [6.45, 7) is 8.63. The second kappa shape index (κ2) is 6.39. The lowest BCUT2D eigenvalue weighted by Crippen LogP contribution is -2.22. The molecule has 2 unspecified atom stereocenters. The summed E-state index contributed by atoms with van der Waals surface area (Å²) in [4.78, 5) is 4.57. The van der Waals surface area contributed by atoms with Crippen LogP contribution < -0.4 is 5.32 Å². The van der Waals surface area contributed by atoms with E-state index in [-0.39, 0.29) is 17.4 Å². The molecule has 2 aromatic rings. The van der Waals surface area contributed by atoms with Crippen LogP contribution in [0.4, 0.5) is 0 Å². The van der Waals surface area contributed by atoms with Crippen LogP contribution in [0, 0.1) is 5.41 Å². The van der Waals surface area contributed by atoms with E-state index in [0.717, 1.165) is 12.2 Å². The van der Waals surface area contributed by atoms with Crippen molar-refractivity contribution in [3.05, 3.63) is 47.6 Å². The zero-order valence-corrected chi connectivity index (χ0v) is 13.6. The van der Waals surface area contributed by atoms with Crippen LogP contribution in [0.2, 0.25) is 0 Å². The average Bonchev–Trinajstić information content (AvgIpc) is 2.87. The summed E-state index contributed by atoms with van der Waals surface area (Å²) in [7, 11) is 1.96. The van der Waals surface area contributed by atoms with Crippen molar-refractivity contribution in [1.82, 2.24) is 15.5 Å². The monoisotopic (exact) mass is 287 g/mol. The van der Waals surface area contributed by atoms with Crippen LogP contribution in [0.25, 0.3) is 0 Å². The molecule has 0 aliphatic heterocycles. The lowest BCUT2D eigenvalue weighted by Gasteiger charge is -2.21. The zero-order chi connectivity index (χ0) is 15.5. The van der Waals surface area contributed by atoms with Gasteiger partial charge in [0.05, 0.1) is 5.92 Å². The number of benzene rings is 1. The van der Waals surface area contributed by atoms with E-state index in [4.69, 9.17) is 4.52 Å². The van der Waals surface area contributed by atoms with Crippen molar-refractivity contribution in [2.75, 3.05) is 7.05 Å². The van der Waals surface area contributed by atoms with Gasteiger partial charge in [0.25, 0.3) is 0 Å². The van der Waals surface area contributed by atoms with Gasteiger partial charge in [-0.1, -0.05) is 63.2 Å². The standard InChI is InChI=1S/C17H25N3O/c1-12(15(18-5)13-9-7-6-8-10-13)16-19-14(20-21-16)11-17(2,3)4/h6-10,12,15,18H,11H2,1-5H3. The maximum atomic E-state index is 5.48. The van der Waals surface area contributed by atoms with Crippen molar-refractivity contribution in [2.24, 2.45) is 5.41 Å². The SMILES string of the molecule is CNC(c1ccccc1)C(C)c1nc(CC(C)(C)C)no1. The molecule has 0 fully saturated rings. The molecular formula is C17H25N3O. The van der Waals surface area contributed by atoms with E-state index in [1.807, 2.05) is 25.2 Å². The number of rotatable bonds is 5. The van der Waals surface area contributed by atoms with Crippen LogP contribution in [0.1, 0.15) is 56.9 Å². The Morgan fingerprint density at radius 1 is 1.19 bits per heavy atom. The smallest absolute Gasteiger partial charge is 0.231 e. The van der Waals surface area contributed by atoms with Gasteiger partial charge in [0.1, 0.15) is 0 Å². The summed E-state index contributed by atoms with van der Waals surface area (Å²) in [6, 6.07) is 10.5. The summed E-state index contributed by atoms with van der Waals surface area (Å²) in [5.74, 6) is 1.60. The van der Waals surface area contributed by atoms with Gasteiger partial charge in [-0.3, -0.25) is 0 Å². The van der Waals surface area contributed by atoms with Gasteiger partial charge in [0.2, 0.25) is 5.89 Å². The molecular weight excluding hydrogens is 262 g/mol. The predicted octanol–water partition coefficient (Wildman–Crippen LogP) is 3.72. The summed E-state index contributed by atoms with van der Waals surface area (Å²) in [5.41, 5.74) is 1.38. The van der Waals surface area contributed by atoms with Crippen LogP contribution in [0.5, 0.6) is 0 Å². The van der Waals surface area contributed by atoms with Crippen molar-refractivity contribution in [3.8, 4) is 0 Å². The lowest BCUT2D eigenvalue weighted by atomic mass is 9.92. The Kier molecular flexibility index (Phi) is 4.78. The van der Waals surface area contributed by atoms with Crippen molar-refractivity contribution in [3.63, 3.8) is 0 Å². The molecule has 0 saturated heterocycles. The Morgan fingerprint density at radius 3 is 2.43 bits per heavy atom. The molecule has 0 aliphatic carbocycles. The molecule has 1 N–H and O–H groups in total. The van der Waals surface area contributed by atoms with Gasteiger partial charge in [-0.2, -0.15) is 4.98 Å². The third-order valence-corrected chi connectivity index (χ3v) is 3.53. The Balaban J connectivity index is 2.17. The third kappa shape index (κ3) is 4.14. The molecule has 2 atom stereocenters. The van der Waals surface area contributed by atoms with Crippen LogP contribution >= 0.6 is 0 Å². The van der Waals surface area contributed by atoms with Crippen LogP contribution in [-0.4, -0.2) is 17.2 Å². The number of nitrogens with zero attached hydrogens (tertiary/aromatic N) is 2. The highest BCUT2D eigenvalue weighted by Gasteiger charge is 2.25. The van der Waals surface area contributed by atoms with Gasteiger partial charge >= 0.3 is 0 Å². The van der Waals surface area contributed by atoms with Crippen LogP contribution in [-0.2, 0) is 6.42 Å². The summed E-state index contributed by atoms with van der Waals surface area (Å²) >= 11 is 0. The Hall–Kier alpha value is -1.68. The number of hydrogen-bond donors (Lipinski definition) is 1. The van der Waals surface area contributed by atoms with Gasteiger partial charge in [-0.05, 0) is 18.0 Å². The van der Waals surface area contributed by atoms with E-state index < -0.39 is 0 Å². The first kappa shape index (κ1) is 15.7. The van der Waals surface area contributed by atoms with E-state index in [9.17, 15) is 0 Å². The Morgan fingerprint density at radius 2 is 1.86 bits per heavy atom. The molecule has 0 amide bonds. The topological polar surface area (TPSA) is 51.0 Å². The first-order chi connectivity index (χ1) is 9.90. The minimum Gasteiger partial charge on any atom is -0.339 e. The largest absolute Gasteiger partial charge is 0.339 e. The average molecular weight is 287 g/mol. The lowest BCUT2D eigenvalue weighted by molar-refractivity contribution is 0.323. The molecule has 114 valence electrons. The molecule has 4 heteroatoms. The summed E-state index contributed by atoms with van der Waals surface area (Å²) in [6.07, 6.45) is 0.818.